The fourth-order valence-electron chi connectivity index (χ4n) is 4.71. The van der Waals surface area contributed by atoms with Gasteiger partial charge < -0.3 is 20.1 Å². The minimum Gasteiger partial charge on any atom is -0.481 e. The van der Waals surface area contributed by atoms with Crippen LogP contribution in [0.2, 0.25) is 0 Å². The fraction of sp³-hybridized carbons (Fsp3) is 0.889. The quantitative estimate of drug-likeness (QED) is 0.123. The van der Waals surface area contributed by atoms with Gasteiger partial charge >= 0.3 is 17.9 Å². The number of aliphatic carboxylic acids is 2. The molecule has 0 saturated heterocycles. The average molecular weight is 487 g/mol. The first-order chi connectivity index (χ1) is 16.1. The minimum absolute atomic E-state index is 0.147. The van der Waals surface area contributed by atoms with Gasteiger partial charge in [0, 0.05) is 0 Å². The predicted molar refractivity (Wildman–Crippen MR) is 134 cm³/mol. The van der Waals surface area contributed by atoms with E-state index in [1.807, 2.05) is 0 Å². The highest BCUT2D eigenvalue weighted by Crippen LogP contribution is 2.32. The van der Waals surface area contributed by atoms with Crippen LogP contribution in [0.4, 0.5) is 0 Å². The lowest BCUT2D eigenvalue weighted by molar-refractivity contribution is -0.172. The van der Waals surface area contributed by atoms with Gasteiger partial charge in [-0.15, -0.1) is 0 Å². The van der Waals surface area contributed by atoms with Crippen molar-refractivity contribution in [2.24, 2.45) is 17.8 Å². The molecule has 0 radical (unpaired) electrons. The zero-order valence-electron chi connectivity index (χ0n) is 22.0. The zero-order chi connectivity index (χ0) is 26.0. The molecule has 0 aromatic carbocycles. The van der Waals surface area contributed by atoms with Crippen molar-refractivity contribution in [1.82, 2.24) is 0 Å². The molecule has 200 valence electrons. The molecule has 3 atom stereocenters. The Balaban J connectivity index is 4.71. The largest absolute Gasteiger partial charge is 0.481 e. The molecule has 0 rings (SSSR count). The smallest absolute Gasteiger partial charge is 0.336 e. The van der Waals surface area contributed by atoms with Gasteiger partial charge in [-0.25, -0.2) is 4.79 Å². The summed E-state index contributed by atoms with van der Waals surface area (Å²) < 4.78 is 5.11. The third-order valence-electron chi connectivity index (χ3n) is 6.97. The number of hydrogen-bond donors (Lipinski definition) is 3. The van der Waals surface area contributed by atoms with E-state index >= 15 is 0 Å². The summed E-state index contributed by atoms with van der Waals surface area (Å²) in [6.07, 6.45) is 13.3. The van der Waals surface area contributed by atoms with Crippen molar-refractivity contribution < 1.29 is 34.4 Å². The van der Waals surface area contributed by atoms with Crippen molar-refractivity contribution >= 4 is 17.9 Å². The van der Waals surface area contributed by atoms with Crippen molar-refractivity contribution in [1.29, 1.82) is 0 Å². The summed E-state index contributed by atoms with van der Waals surface area (Å²) in [6, 6.07) is 0. The van der Waals surface area contributed by atoms with Gasteiger partial charge in [-0.05, 0) is 43.4 Å². The van der Waals surface area contributed by atoms with Crippen LogP contribution in [0, 0.1) is 17.8 Å². The standard InChI is InChI=1S/C27H50O7/c1-5-9-13-21(7-3)17-23(18-22(8-4)14-10-6-2)15-11-12-16-34-25(30)20-27(33,26(31)32)19-24(28)29/h21-23,33H,5-20H2,1-4H3,(H,28,29)(H,31,32). The summed E-state index contributed by atoms with van der Waals surface area (Å²) in [7, 11) is 0. The summed E-state index contributed by atoms with van der Waals surface area (Å²) in [5.41, 5.74) is -2.64. The summed E-state index contributed by atoms with van der Waals surface area (Å²) in [5.74, 6) is -1.94. The SMILES string of the molecule is CCCCC(CC)CC(CCCCOC(=O)CC(O)(CC(=O)O)C(=O)O)CC(CC)CCCC. The Morgan fingerprint density at radius 1 is 0.735 bits per heavy atom. The van der Waals surface area contributed by atoms with Crippen LogP contribution in [0.5, 0.6) is 0 Å². The van der Waals surface area contributed by atoms with E-state index in [1.54, 1.807) is 0 Å². The number of carboxylic acids is 2. The van der Waals surface area contributed by atoms with E-state index in [0.717, 1.165) is 24.7 Å². The Labute approximate surface area is 206 Å². The van der Waals surface area contributed by atoms with Gasteiger partial charge in [-0.2, -0.15) is 0 Å². The third kappa shape index (κ3) is 14.6. The lowest BCUT2D eigenvalue weighted by atomic mass is 9.79. The lowest BCUT2D eigenvalue weighted by Gasteiger charge is -2.27. The molecule has 0 aliphatic carbocycles. The number of carboxylic acid groups (broad SMARTS) is 2. The first kappa shape index (κ1) is 32.4. The van der Waals surface area contributed by atoms with Crippen LogP contribution >= 0.6 is 0 Å². The van der Waals surface area contributed by atoms with E-state index in [9.17, 15) is 19.5 Å². The van der Waals surface area contributed by atoms with Crippen LogP contribution in [0.1, 0.15) is 124 Å². The maximum Gasteiger partial charge on any atom is 0.336 e. The number of rotatable bonds is 22. The van der Waals surface area contributed by atoms with E-state index in [4.69, 9.17) is 14.9 Å². The molecule has 0 spiro atoms. The number of aliphatic hydroxyl groups is 1. The molecule has 0 heterocycles. The van der Waals surface area contributed by atoms with Crippen molar-refractivity contribution in [3.8, 4) is 0 Å². The summed E-state index contributed by atoms with van der Waals surface area (Å²) in [4.78, 5) is 34.0. The number of ether oxygens (including phenoxy) is 1. The van der Waals surface area contributed by atoms with Gasteiger partial charge in [-0.3, -0.25) is 9.59 Å². The van der Waals surface area contributed by atoms with Crippen LogP contribution in [0.25, 0.3) is 0 Å². The van der Waals surface area contributed by atoms with Gasteiger partial charge in [0.25, 0.3) is 0 Å². The molecule has 0 aromatic rings. The predicted octanol–water partition coefficient (Wildman–Crippen LogP) is 6.21. The molecule has 0 fully saturated rings. The maximum absolute atomic E-state index is 12.0. The number of carbonyl (C=O) groups excluding carboxylic acids is 1. The Morgan fingerprint density at radius 2 is 1.24 bits per heavy atom. The number of esters is 1. The molecule has 3 unspecified atom stereocenters. The molecule has 0 saturated carbocycles. The van der Waals surface area contributed by atoms with E-state index in [2.05, 4.69) is 27.7 Å². The molecule has 0 aromatic heterocycles. The van der Waals surface area contributed by atoms with E-state index in [-0.39, 0.29) is 6.61 Å². The molecular weight excluding hydrogens is 436 g/mol. The van der Waals surface area contributed by atoms with Crippen LogP contribution in [0.3, 0.4) is 0 Å². The molecule has 7 heteroatoms. The van der Waals surface area contributed by atoms with Crippen molar-refractivity contribution in [3.63, 3.8) is 0 Å². The van der Waals surface area contributed by atoms with Crippen LogP contribution in [-0.4, -0.2) is 45.4 Å². The molecule has 34 heavy (non-hydrogen) atoms. The molecule has 0 amide bonds. The second-order valence-corrected chi connectivity index (χ2v) is 9.97. The molecule has 7 nitrogen and oxygen atoms in total. The van der Waals surface area contributed by atoms with Crippen molar-refractivity contribution in [2.75, 3.05) is 6.61 Å². The third-order valence-corrected chi connectivity index (χ3v) is 6.97. The van der Waals surface area contributed by atoms with Gasteiger partial charge in [0.05, 0.1) is 19.4 Å². The number of carbonyl (C=O) groups is 3. The topological polar surface area (TPSA) is 121 Å². The first-order valence-corrected chi connectivity index (χ1v) is 13.4. The van der Waals surface area contributed by atoms with Crippen molar-refractivity contribution in [3.05, 3.63) is 0 Å². The summed E-state index contributed by atoms with van der Waals surface area (Å²) >= 11 is 0. The summed E-state index contributed by atoms with van der Waals surface area (Å²) in [5, 5.41) is 27.8. The Bertz CT molecular complexity index is 559. The maximum atomic E-state index is 12.0. The van der Waals surface area contributed by atoms with Crippen LogP contribution in [0.15, 0.2) is 0 Å². The van der Waals surface area contributed by atoms with Gasteiger partial charge in [-0.1, -0.05) is 85.5 Å². The first-order valence-electron chi connectivity index (χ1n) is 13.4. The van der Waals surface area contributed by atoms with Gasteiger partial charge in [0.1, 0.15) is 0 Å². The number of hydrogen-bond acceptors (Lipinski definition) is 5. The molecule has 3 N–H and O–H groups in total. The van der Waals surface area contributed by atoms with E-state index in [1.165, 1.54) is 64.2 Å². The monoisotopic (exact) mass is 486 g/mol. The molecular formula is C27H50O7. The van der Waals surface area contributed by atoms with E-state index < -0.39 is 36.4 Å². The van der Waals surface area contributed by atoms with Crippen LogP contribution < -0.4 is 0 Å². The van der Waals surface area contributed by atoms with Gasteiger partial charge in [0.15, 0.2) is 5.60 Å². The van der Waals surface area contributed by atoms with Gasteiger partial charge in [0.2, 0.25) is 0 Å². The fourth-order valence-corrected chi connectivity index (χ4v) is 4.71. The normalized spacial score (nSPS) is 15.8. The summed E-state index contributed by atoms with van der Waals surface area (Å²) in [6.45, 7) is 9.20. The highest BCUT2D eigenvalue weighted by molar-refractivity contribution is 5.88. The Kier molecular flexibility index (Phi) is 17.8. The Hall–Kier alpha value is -1.63. The second-order valence-electron chi connectivity index (χ2n) is 9.97. The van der Waals surface area contributed by atoms with Crippen LogP contribution in [-0.2, 0) is 19.1 Å². The molecule has 0 aliphatic rings. The van der Waals surface area contributed by atoms with E-state index in [0.29, 0.717) is 12.3 Å². The minimum atomic E-state index is -2.64. The highest BCUT2D eigenvalue weighted by Gasteiger charge is 2.41. The molecule has 0 bridgehead atoms. The second kappa shape index (κ2) is 18.7. The zero-order valence-corrected chi connectivity index (χ0v) is 22.0. The number of unbranched alkanes of at least 4 members (excludes halogenated alkanes) is 3. The Morgan fingerprint density at radius 3 is 1.65 bits per heavy atom. The average Bonchev–Trinajstić information content (AvgIpc) is 2.77. The molecule has 0 aliphatic heterocycles. The van der Waals surface area contributed by atoms with Crippen molar-refractivity contribution in [2.45, 2.75) is 130 Å². The lowest BCUT2D eigenvalue weighted by Crippen LogP contribution is -2.43. The highest BCUT2D eigenvalue weighted by atomic mass is 16.5.